The Hall–Kier alpha value is -2.01. The topological polar surface area (TPSA) is 29.1 Å². The predicted molar refractivity (Wildman–Crippen MR) is 62.4 cm³/mol. The van der Waals surface area contributed by atoms with E-state index in [1.807, 2.05) is 18.2 Å². The van der Waals surface area contributed by atoms with Crippen LogP contribution in [0.4, 0.5) is 5.69 Å². The molecule has 0 aliphatic rings. The van der Waals surface area contributed by atoms with E-state index >= 15 is 0 Å². The molecule has 0 aliphatic carbocycles. The molecule has 1 aromatic rings. The summed E-state index contributed by atoms with van der Waals surface area (Å²) in [5, 5.41) is 2.77. The third-order valence-electron chi connectivity index (χ3n) is 1.89. The minimum Gasteiger partial charge on any atom is -0.326 e. The zero-order valence-corrected chi connectivity index (χ0v) is 8.49. The Morgan fingerprint density at radius 1 is 1.60 bits per heavy atom. The van der Waals surface area contributed by atoms with E-state index < -0.39 is 0 Å². The number of carbonyl (C=O) groups excluding carboxylic acids is 1. The maximum Gasteiger partial charge on any atom is 0.224 e. The molecule has 0 heterocycles. The van der Waals surface area contributed by atoms with E-state index in [0.29, 0.717) is 12.8 Å². The van der Waals surface area contributed by atoms with Crippen LogP contribution in [0.2, 0.25) is 0 Å². The monoisotopic (exact) mass is 199 g/mol. The molecule has 0 saturated carbocycles. The Labute approximate surface area is 90.0 Å². The maximum atomic E-state index is 11.4. The van der Waals surface area contributed by atoms with Crippen LogP contribution >= 0.6 is 0 Å². The molecule has 0 bridgehead atoms. The van der Waals surface area contributed by atoms with Gasteiger partial charge >= 0.3 is 0 Å². The van der Waals surface area contributed by atoms with Crippen molar-refractivity contribution in [3.05, 3.63) is 42.5 Å². The summed E-state index contributed by atoms with van der Waals surface area (Å²) in [6.07, 6.45) is 8.10. The second kappa shape index (κ2) is 5.66. The van der Waals surface area contributed by atoms with Gasteiger partial charge in [0.25, 0.3) is 0 Å². The molecule has 0 spiro atoms. The number of carbonyl (C=O) groups is 1. The summed E-state index contributed by atoms with van der Waals surface area (Å²) in [5.41, 5.74) is 1.50. The van der Waals surface area contributed by atoms with Crippen molar-refractivity contribution >= 4 is 11.6 Å². The number of amides is 1. The van der Waals surface area contributed by atoms with Crippen LogP contribution in [-0.2, 0) is 4.79 Å². The standard InChI is InChI=1S/C13H13NO/c1-3-5-9-13(15)14-12-8-6-7-11(4-2)10-12/h2-3,6-8,10H,1,5,9H2,(H,14,15). The SMILES string of the molecule is C#Cc1cccc(NC(=O)CCC=C)c1. The largest absolute Gasteiger partial charge is 0.326 e. The Morgan fingerprint density at radius 3 is 3.07 bits per heavy atom. The van der Waals surface area contributed by atoms with E-state index in [4.69, 9.17) is 6.42 Å². The van der Waals surface area contributed by atoms with Crippen LogP contribution in [0, 0.1) is 12.3 Å². The van der Waals surface area contributed by atoms with Crippen LogP contribution in [-0.4, -0.2) is 5.91 Å². The fraction of sp³-hybridized carbons (Fsp3) is 0.154. The van der Waals surface area contributed by atoms with Gasteiger partial charge in [-0.05, 0) is 24.6 Å². The smallest absolute Gasteiger partial charge is 0.224 e. The average molecular weight is 199 g/mol. The van der Waals surface area contributed by atoms with Gasteiger partial charge in [0.15, 0.2) is 0 Å². The van der Waals surface area contributed by atoms with Gasteiger partial charge in [0.2, 0.25) is 5.91 Å². The molecule has 1 N–H and O–H groups in total. The Kier molecular flexibility index (Phi) is 4.18. The minimum atomic E-state index is -0.0240. The average Bonchev–Trinajstić information content (AvgIpc) is 2.26. The zero-order valence-electron chi connectivity index (χ0n) is 8.49. The number of anilines is 1. The highest BCUT2D eigenvalue weighted by Crippen LogP contribution is 2.10. The number of rotatable bonds is 4. The molecule has 0 unspecified atom stereocenters. The van der Waals surface area contributed by atoms with Crippen molar-refractivity contribution in [3.8, 4) is 12.3 Å². The molecular weight excluding hydrogens is 186 g/mol. The molecule has 0 aromatic heterocycles. The quantitative estimate of drug-likeness (QED) is 0.586. The van der Waals surface area contributed by atoms with E-state index in [2.05, 4.69) is 17.8 Å². The lowest BCUT2D eigenvalue weighted by Gasteiger charge is -2.04. The molecular formula is C13H13NO. The van der Waals surface area contributed by atoms with Gasteiger partial charge < -0.3 is 5.32 Å². The van der Waals surface area contributed by atoms with Crippen LogP contribution in [0.15, 0.2) is 36.9 Å². The molecule has 0 atom stereocenters. The molecule has 2 heteroatoms. The van der Waals surface area contributed by atoms with Gasteiger partial charge in [-0.15, -0.1) is 13.0 Å². The second-order valence-corrected chi connectivity index (χ2v) is 3.10. The molecule has 15 heavy (non-hydrogen) atoms. The highest BCUT2D eigenvalue weighted by Gasteiger charge is 2.00. The Morgan fingerprint density at radius 2 is 2.40 bits per heavy atom. The normalized spacial score (nSPS) is 9.00. The molecule has 2 nitrogen and oxygen atoms in total. The van der Waals surface area contributed by atoms with E-state index in [1.54, 1.807) is 12.1 Å². The molecule has 0 radical (unpaired) electrons. The summed E-state index contributed by atoms with van der Waals surface area (Å²) in [6, 6.07) is 7.22. The fourth-order valence-corrected chi connectivity index (χ4v) is 1.14. The summed E-state index contributed by atoms with van der Waals surface area (Å²) >= 11 is 0. The molecule has 0 fully saturated rings. The molecule has 1 aromatic carbocycles. The van der Waals surface area contributed by atoms with Crippen LogP contribution in [0.1, 0.15) is 18.4 Å². The first-order valence-electron chi connectivity index (χ1n) is 4.73. The van der Waals surface area contributed by atoms with Crippen molar-refractivity contribution < 1.29 is 4.79 Å². The predicted octanol–water partition coefficient (Wildman–Crippen LogP) is 2.57. The Bertz CT molecular complexity index is 401. The number of hydrogen-bond acceptors (Lipinski definition) is 1. The van der Waals surface area contributed by atoms with Crippen molar-refractivity contribution in [2.24, 2.45) is 0 Å². The molecule has 76 valence electrons. The first-order valence-corrected chi connectivity index (χ1v) is 4.73. The van der Waals surface area contributed by atoms with Crippen molar-refractivity contribution in [2.45, 2.75) is 12.8 Å². The lowest BCUT2D eigenvalue weighted by molar-refractivity contribution is -0.116. The lowest BCUT2D eigenvalue weighted by atomic mass is 10.2. The lowest BCUT2D eigenvalue weighted by Crippen LogP contribution is -2.10. The third kappa shape index (κ3) is 3.70. The summed E-state index contributed by atoms with van der Waals surface area (Å²) in [7, 11) is 0. The van der Waals surface area contributed by atoms with E-state index in [-0.39, 0.29) is 5.91 Å². The highest BCUT2D eigenvalue weighted by atomic mass is 16.1. The van der Waals surface area contributed by atoms with Gasteiger partial charge in [-0.3, -0.25) is 4.79 Å². The van der Waals surface area contributed by atoms with E-state index in [1.165, 1.54) is 0 Å². The van der Waals surface area contributed by atoms with E-state index in [0.717, 1.165) is 11.3 Å². The van der Waals surface area contributed by atoms with Crippen molar-refractivity contribution in [3.63, 3.8) is 0 Å². The van der Waals surface area contributed by atoms with Gasteiger partial charge in [0.05, 0.1) is 0 Å². The minimum absolute atomic E-state index is 0.0240. The summed E-state index contributed by atoms with van der Waals surface area (Å²) < 4.78 is 0. The van der Waals surface area contributed by atoms with Gasteiger partial charge in [-0.1, -0.05) is 18.1 Å². The van der Waals surface area contributed by atoms with Crippen molar-refractivity contribution in [2.75, 3.05) is 5.32 Å². The number of terminal acetylenes is 1. The summed E-state index contributed by atoms with van der Waals surface area (Å²) in [6.45, 7) is 3.56. The number of benzene rings is 1. The zero-order chi connectivity index (χ0) is 11.1. The highest BCUT2D eigenvalue weighted by molar-refractivity contribution is 5.90. The van der Waals surface area contributed by atoms with Crippen LogP contribution in [0.3, 0.4) is 0 Å². The first-order chi connectivity index (χ1) is 7.26. The summed E-state index contributed by atoms with van der Waals surface area (Å²) in [5.74, 6) is 2.49. The van der Waals surface area contributed by atoms with Crippen molar-refractivity contribution in [1.82, 2.24) is 0 Å². The van der Waals surface area contributed by atoms with Gasteiger partial charge in [0.1, 0.15) is 0 Å². The first kappa shape index (κ1) is 11.1. The third-order valence-corrected chi connectivity index (χ3v) is 1.89. The van der Waals surface area contributed by atoms with E-state index in [9.17, 15) is 4.79 Å². The van der Waals surface area contributed by atoms with Crippen LogP contribution < -0.4 is 5.32 Å². The molecule has 1 rings (SSSR count). The van der Waals surface area contributed by atoms with Gasteiger partial charge in [-0.25, -0.2) is 0 Å². The van der Waals surface area contributed by atoms with Gasteiger partial charge in [0, 0.05) is 17.7 Å². The van der Waals surface area contributed by atoms with Gasteiger partial charge in [-0.2, -0.15) is 0 Å². The molecule has 0 saturated heterocycles. The number of hydrogen-bond donors (Lipinski definition) is 1. The summed E-state index contributed by atoms with van der Waals surface area (Å²) in [4.78, 5) is 11.4. The van der Waals surface area contributed by atoms with Crippen LogP contribution in [0.25, 0.3) is 0 Å². The second-order valence-electron chi connectivity index (χ2n) is 3.10. The van der Waals surface area contributed by atoms with Crippen molar-refractivity contribution in [1.29, 1.82) is 0 Å². The maximum absolute atomic E-state index is 11.4. The number of nitrogens with one attached hydrogen (secondary N) is 1. The Balaban J connectivity index is 2.60. The molecule has 0 aliphatic heterocycles. The number of allylic oxidation sites excluding steroid dienone is 1. The fourth-order valence-electron chi connectivity index (χ4n) is 1.14. The molecule has 1 amide bonds. The van der Waals surface area contributed by atoms with Crippen LogP contribution in [0.5, 0.6) is 0 Å².